The molecule has 12 heavy (non-hydrogen) atoms. The van der Waals surface area contributed by atoms with Gasteiger partial charge in [0.05, 0.1) is 0 Å². The lowest BCUT2D eigenvalue weighted by molar-refractivity contribution is -0.153. The van der Waals surface area contributed by atoms with Crippen LogP contribution in [0.1, 0.15) is 6.42 Å². The van der Waals surface area contributed by atoms with Crippen molar-refractivity contribution in [1.29, 1.82) is 0 Å². The third-order valence-corrected chi connectivity index (χ3v) is 1.04. The third-order valence-electron chi connectivity index (χ3n) is 1.04. The largest absolute Gasteiger partial charge is 0.386 e. The van der Waals surface area contributed by atoms with Gasteiger partial charge in [0.25, 0.3) is 0 Å². The highest BCUT2D eigenvalue weighted by atomic mass is 16.6. The van der Waals surface area contributed by atoms with Crippen LogP contribution in [-0.2, 0) is 14.3 Å². The molecule has 3 nitrogen and oxygen atoms in total. The van der Waals surface area contributed by atoms with Crippen molar-refractivity contribution < 1.29 is 14.3 Å². The summed E-state index contributed by atoms with van der Waals surface area (Å²) in [5.74, 6) is -1.51. The van der Waals surface area contributed by atoms with Gasteiger partial charge in [-0.05, 0) is 6.42 Å². The molecule has 0 aliphatic carbocycles. The van der Waals surface area contributed by atoms with Gasteiger partial charge in [0.1, 0.15) is 0 Å². The van der Waals surface area contributed by atoms with Crippen molar-refractivity contribution in [2.24, 2.45) is 0 Å². The van der Waals surface area contributed by atoms with Crippen LogP contribution in [0, 0.1) is 0 Å². The van der Waals surface area contributed by atoms with Gasteiger partial charge < -0.3 is 4.74 Å². The molecule has 0 heterocycles. The van der Waals surface area contributed by atoms with Gasteiger partial charge in [-0.1, -0.05) is 19.2 Å². The second-order valence-electron chi connectivity index (χ2n) is 2.01. The van der Waals surface area contributed by atoms with Gasteiger partial charge in [-0.3, -0.25) is 0 Å². The van der Waals surface area contributed by atoms with Crippen molar-refractivity contribution in [2.75, 3.05) is 0 Å². The Morgan fingerprint density at radius 1 is 1.33 bits per heavy atom. The zero-order valence-electron chi connectivity index (χ0n) is 6.71. The lowest BCUT2D eigenvalue weighted by atomic mass is 10.2. The molecule has 64 valence electrons. The van der Waals surface area contributed by atoms with Crippen LogP contribution >= 0.6 is 0 Å². The molecule has 0 aromatic heterocycles. The molecule has 0 saturated heterocycles. The van der Waals surface area contributed by atoms with E-state index in [0.29, 0.717) is 6.42 Å². The Balaban J connectivity index is 4.03. The van der Waals surface area contributed by atoms with Crippen LogP contribution in [-0.4, -0.2) is 11.9 Å². The fraction of sp³-hybridized carbons (Fsp3) is 0.111. The average molecular weight is 166 g/mol. The Morgan fingerprint density at radius 3 is 2.33 bits per heavy atom. The maximum absolute atomic E-state index is 10.9. The molecule has 0 aliphatic heterocycles. The molecule has 0 N–H and O–H groups in total. The zero-order valence-corrected chi connectivity index (χ0v) is 6.71. The summed E-state index contributed by atoms with van der Waals surface area (Å²) in [6.07, 6.45) is 2.73. The highest BCUT2D eigenvalue weighted by molar-refractivity contribution is 5.99. The highest BCUT2D eigenvalue weighted by Crippen LogP contribution is 2.01. The summed E-state index contributed by atoms with van der Waals surface area (Å²) in [6.45, 7) is 9.95. The summed E-state index contributed by atoms with van der Waals surface area (Å²) in [7, 11) is 0. The van der Waals surface area contributed by atoms with Gasteiger partial charge in [0, 0.05) is 11.6 Å². The normalized spacial score (nSPS) is 8.33. The quantitative estimate of drug-likeness (QED) is 0.274. The van der Waals surface area contributed by atoms with Gasteiger partial charge in [-0.15, -0.1) is 6.58 Å². The first kappa shape index (κ1) is 10.4. The molecular formula is C9H10O3. The summed E-state index contributed by atoms with van der Waals surface area (Å²) in [4.78, 5) is 21.4. The smallest absolute Gasteiger partial charge is 0.341 e. The minimum atomic E-state index is -0.773. The summed E-state index contributed by atoms with van der Waals surface area (Å²) in [5, 5.41) is 0. The number of esters is 2. The number of allylic oxidation sites excluding steroid dienone is 1. The number of hydrogen-bond acceptors (Lipinski definition) is 3. The van der Waals surface area contributed by atoms with Crippen LogP contribution in [0.5, 0.6) is 0 Å². The van der Waals surface area contributed by atoms with Crippen molar-refractivity contribution >= 4 is 11.9 Å². The molecule has 0 spiro atoms. The van der Waals surface area contributed by atoms with Crippen LogP contribution in [0.4, 0.5) is 0 Å². The molecule has 0 aromatic rings. The van der Waals surface area contributed by atoms with Gasteiger partial charge in [0.2, 0.25) is 0 Å². The Kier molecular flexibility index (Phi) is 4.38. The van der Waals surface area contributed by atoms with Gasteiger partial charge in [-0.25, -0.2) is 9.59 Å². The third kappa shape index (κ3) is 3.51. The van der Waals surface area contributed by atoms with Crippen LogP contribution < -0.4 is 0 Å². The number of rotatable bonds is 4. The molecule has 0 rings (SSSR count). The van der Waals surface area contributed by atoms with E-state index in [0.717, 1.165) is 6.08 Å². The van der Waals surface area contributed by atoms with E-state index in [9.17, 15) is 9.59 Å². The predicted octanol–water partition coefficient (Wildman–Crippen LogP) is 1.37. The number of carbonyl (C=O) groups excluding carboxylic acids is 2. The number of ether oxygens (including phenoxy) is 1. The SMILES string of the molecule is C=CCC(=C)C(=O)OC(=O)C=C. The molecule has 0 fully saturated rings. The van der Waals surface area contributed by atoms with Crippen LogP contribution in [0.25, 0.3) is 0 Å². The van der Waals surface area contributed by atoms with E-state index in [1.54, 1.807) is 0 Å². The summed E-state index contributed by atoms with van der Waals surface area (Å²) >= 11 is 0. The Labute approximate surface area is 71.0 Å². The van der Waals surface area contributed by atoms with Gasteiger partial charge >= 0.3 is 11.9 Å². The predicted molar refractivity (Wildman–Crippen MR) is 45.3 cm³/mol. The molecule has 0 aromatic carbocycles. The summed E-state index contributed by atoms with van der Waals surface area (Å²) in [5.41, 5.74) is 0.195. The maximum Gasteiger partial charge on any atom is 0.341 e. The van der Waals surface area contributed by atoms with Gasteiger partial charge in [-0.2, -0.15) is 0 Å². The molecule has 0 atom stereocenters. The van der Waals surface area contributed by atoms with E-state index < -0.39 is 11.9 Å². The maximum atomic E-state index is 10.9. The first-order valence-corrected chi connectivity index (χ1v) is 3.29. The summed E-state index contributed by atoms with van der Waals surface area (Å²) < 4.78 is 4.27. The van der Waals surface area contributed by atoms with E-state index in [-0.39, 0.29) is 5.57 Å². The Hall–Kier alpha value is -1.64. The molecule has 0 radical (unpaired) electrons. The molecule has 0 unspecified atom stereocenters. The zero-order chi connectivity index (χ0) is 9.56. The Bertz CT molecular complexity index is 238. The fourth-order valence-corrected chi connectivity index (χ4v) is 0.463. The van der Waals surface area contributed by atoms with Crippen molar-refractivity contribution in [3.8, 4) is 0 Å². The van der Waals surface area contributed by atoms with Crippen molar-refractivity contribution in [1.82, 2.24) is 0 Å². The monoisotopic (exact) mass is 166 g/mol. The van der Waals surface area contributed by atoms with E-state index in [2.05, 4.69) is 24.5 Å². The minimum Gasteiger partial charge on any atom is -0.386 e. The van der Waals surface area contributed by atoms with Crippen LogP contribution in [0.3, 0.4) is 0 Å². The average Bonchev–Trinajstić information content (AvgIpc) is 2.04. The first-order valence-electron chi connectivity index (χ1n) is 3.29. The molecular weight excluding hydrogens is 156 g/mol. The van der Waals surface area contributed by atoms with Crippen LogP contribution in [0.15, 0.2) is 37.5 Å². The Morgan fingerprint density at radius 2 is 1.92 bits per heavy atom. The number of carbonyl (C=O) groups is 2. The lowest BCUT2D eigenvalue weighted by Crippen LogP contribution is -2.11. The molecule has 0 saturated carbocycles. The molecule has 0 aliphatic rings. The molecule has 3 heteroatoms. The lowest BCUT2D eigenvalue weighted by Gasteiger charge is -1.99. The minimum absolute atomic E-state index is 0.195. The first-order chi connectivity index (χ1) is 5.61. The van der Waals surface area contributed by atoms with Crippen molar-refractivity contribution in [2.45, 2.75) is 6.42 Å². The fourth-order valence-electron chi connectivity index (χ4n) is 0.463. The van der Waals surface area contributed by atoms with E-state index in [1.165, 1.54) is 6.08 Å². The highest BCUT2D eigenvalue weighted by Gasteiger charge is 2.09. The van der Waals surface area contributed by atoms with Crippen molar-refractivity contribution in [3.63, 3.8) is 0 Å². The van der Waals surface area contributed by atoms with Crippen LogP contribution in [0.2, 0.25) is 0 Å². The van der Waals surface area contributed by atoms with E-state index >= 15 is 0 Å². The van der Waals surface area contributed by atoms with Gasteiger partial charge in [0.15, 0.2) is 0 Å². The van der Waals surface area contributed by atoms with E-state index in [1.807, 2.05) is 0 Å². The standard InChI is InChI=1S/C9H10O3/c1-4-6-7(3)9(11)12-8(10)5-2/h4-5H,1-3,6H2. The molecule has 0 bridgehead atoms. The van der Waals surface area contributed by atoms with Crippen molar-refractivity contribution in [3.05, 3.63) is 37.5 Å². The topological polar surface area (TPSA) is 43.4 Å². The summed E-state index contributed by atoms with van der Waals surface area (Å²) in [6, 6.07) is 0. The second-order valence-corrected chi connectivity index (χ2v) is 2.01. The second kappa shape index (κ2) is 5.07. The number of hydrogen-bond donors (Lipinski definition) is 0. The molecule has 0 amide bonds. The van der Waals surface area contributed by atoms with E-state index in [4.69, 9.17) is 0 Å².